The second-order valence-corrected chi connectivity index (χ2v) is 7.76. The van der Waals surface area contributed by atoms with Crippen molar-refractivity contribution in [1.82, 2.24) is 9.55 Å². The topological polar surface area (TPSA) is 90.1 Å². The Morgan fingerprint density at radius 1 is 1.42 bits per heavy atom. The number of hydrogen-bond donors (Lipinski definition) is 2. The lowest BCUT2D eigenvalue weighted by atomic mass is 9.84. The molecule has 2 heterocycles. The quantitative estimate of drug-likeness (QED) is 0.810. The molecule has 2 unspecified atom stereocenters. The number of nitrogens with one attached hydrogen (secondary N) is 1. The van der Waals surface area contributed by atoms with Crippen LogP contribution >= 0.6 is 11.3 Å². The van der Waals surface area contributed by atoms with E-state index in [-0.39, 0.29) is 17.0 Å². The molecule has 0 saturated heterocycles. The first-order valence-corrected chi connectivity index (χ1v) is 9.41. The molecule has 2 atom stereocenters. The van der Waals surface area contributed by atoms with Gasteiger partial charge >= 0.3 is 5.69 Å². The van der Waals surface area contributed by atoms with Crippen LogP contribution in [0.25, 0.3) is 11.3 Å². The van der Waals surface area contributed by atoms with Crippen molar-refractivity contribution in [3.63, 3.8) is 0 Å². The maximum absolute atomic E-state index is 15.4. The maximum Gasteiger partial charge on any atom is 0.329 e. The zero-order valence-electron chi connectivity index (χ0n) is 14.5. The zero-order valence-corrected chi connectivity index (χ0v) is 15.4. The normalized spacial score (nSPS) is 22.5. The average Bonchev–Trinajstić information content (AvgIpc) is 3.33. The minimum Gasteiger partial charge on any atom is -0.497 e. The zero-order chi connectivity index (χ0) is 18.6. The molecule has 1 fully saturated rings. The number of halogens is 1. The number of rotatable bonds is 4. The Labute approximate surface area is 152 Å². The molecule has 0 radical (unpaired) electrons. The Morgan fingerprint density at radius 2 is 2.15 bits per heavy atom. The highest BCUT2D eigenvalue weighted by molar-refractivity contribution is 7.10. The number of nitrogens with two attached hydrogens (primary N) is 1. The number of alkyl halides is 1. The molecule has 0 amide bonds. The van der Waals surface area contributed by atoms with Gasteiger partial charge in [-0.2, -0.15) is 0 Å². The lowest BCUT2D eigenvalue weighted by Gasteiger charge is -2.27. The minimum absolute atomic E-state index is 0.0215. The van der Waals surface area contributed by atoms with E-state index in [9.17, 15) is 9.59 Å². The van der Waals surface area contributed by atoms with Crippen LogP contribution in [-0.4, -0.2) is 22.8 Å². The predicted octanol–water partition coefficient (Wildman–Crippen LogP) is 0.452. The van der Waals surface area contributed by atoms with Gasteiger partial charge in [-0.25, -0.2) is 9.18 Å². The molecule has 0 spiro atoms. The summed E-state index contributed by atoms with van der Waals surface area (Å²) in [5.74, 6) is -0.632. The second kappa shape index (κ2) is 6.21. The highest BCUT2D eigenvalue weighted by Crippen LogP contribution is 2.38. The molecule has 2 aromatic rings. The van der Waals surface area contributed by atoms with Crippen molar-refractivity contribution in [3.05, 3.63) is 53.3 Å². The van der Waals surface area contributed by atoms with E-state index in [0.29, 0.717) is 17.5 Å². The summed E-state index contributed by atoms with van der Waals surface area (Å²) in [5.41, 5.74) is 6.10. The highest BCUT2D eigenvalue weighted by Gasteiger charge is 2.37. The summed E-state index contributed by atoms with van der Waals surface area (Å²) < 4.78 is 22.3. The molecule has 2 aliphatic carbocycles. The van der Waals surface area contributed by atoms with Crippen molar-refractivity contribution in [2.45, 2.75) is 44.4 Å². The lowest BCUT2D eigenvalue weighted by Crippen LogP contribution is -2.58. The van der Waals surface area contributed by atoms with Gasteiger partial charge in [-0.15, -0.1) is 11.3 Å². The van der Waals surface area contributed by atoms with Crippen LogP contribution in [0.15, 0.2) is 21.0 Å². The monoisotopic (exact) mass is 377 g/mol. The number of aromatic amines is 1. The van der Waals surface area contributed by atoms with Gasteiger partial charge in [0.05, 0.1) is 12.5 Å². The minimum atomic E-state index is -1.50. The van der Waals surface area contributed by atoms with Crippen LogP contribution in [0, 0.1) is 0 Å². The summed E-state index contributed by atoms with van der Waals surface area (Å²) in [6.07, 6.45) is 0.236. The van der Waals surface area contributed by atoms with Crippen LogP contribution < -0.4 is 27.6 Å². The summed E-state index contributed by atoms with van der Waals surface area (Å²) in [7, 11) is 1.36. The first-order valence-electron chi connectivity index (χ1n) is 8.53. The van der Waals surface area contributed by atoms with E-state index >= 15 is 4.39 Å². The molecule has 4 rings (SSSR count). The van der Waals surface area contributed by atoms with E-state index < -0.39 is 23.3 Å². The van der Waals surface area contributed by atoms with Gasteiger partial charge < -0.3 is 10.5 Å². The fourth-order valence-corrected chi connectivity index (χ4v) is 4.61. The van der Waals surface area contributed by atoms with Crippen LogP contribution in [0.1, 0.15) is 42.2 Å². The number of methoxy groups -OCH3 is 1. The van der Waals surface area contributed by atoms with Gasteiger partial charge in [0.15, 0.2) is 6.17 Å². The van der Waals surface area contributed by atoms with E-state index in [1.165, 1.54) is 18.4 Å². The number of H-pyrrole nitrogens is 1. The first kappa shape index (κ1) is 17.2. The molecule has 0 aromatic carbocycles. The highest BCUT2D eigenvalue weighted by atomic mass is 32.1. The van der Waals surface area contributed by atoms with Crippen molar-refractivity contribution in [2.24, 2.45) is 5.73 Å². The van der Waals surface area contributed by atoms with Gasteiger partial charge in [-0.3, -0.25) is 14.3 Å². The van der Waals surface area contributed by atoms with Crippen LogP contribution in [0.5, 0.6) is 0 Å². The van der Waals surface area contributed by atoms with Crippen molar-refractivity contribution in [1.29, 1.82) is 0 Å². The van der Waals surface area contributed by atoms with Crippen molar-refractivity contribution in [3.8, 4) is 0 Å². The van der Waals surface area contributed by atoms with Crippen LogP contribution in [0.2, 0.25) is 0 Å². The van der Waals surface area contributed by atoms with Crippen molar-refractivity contribution < 1.29 is 9.13 Å². The van der Waals surface area contributed by atoms with Gasteiger partial charge in [0, 0.05) is 23.4 Å². The fraction of sp³-hybridized carbons (Fsp3) is 0.444. The van der Waals surface area contributed by atoms with Crippen LogP contribution in [0.3, 0.4) is 0 Å². The largest absolute Gasteiger partial charge is 0.497 e. The molecule has 2 aliphatic rings. The summed E-state index contributed by atoms with van der Waals surface area (Å²) in [6, 6.07) is 1.93. The maximum atomic E-state index is 15.4. The number of fused-ring (bicyclic) bond motifs is 1. The molecule has 8 heteroatoms. The molecule has 0 bridgehead atoms. The fourth-order valence-electron chi connectivity index (χ4n) is 3.80. The Balaban J connectivity index is 2.11. The summed E-state index contributed by atoms with van der Waals surface area (Å²) in [5, 5.41) is 2.51. The van der Waals surface area contributed by atoms with Crippen molar-refractivity contribution >= 4 is 22.7 Å². The van der Waals surface area contributed by atoms with Gasteiger partial charge in [-0.1, -0.05) is 0 Å². The number of aromatic nitrogens is 2. The smallest absolute Gasteiger partial charge is 0.329 e. The van der Waals surface area contributed by atoms with Gasteiger partial charge in [0.1, 0.15) is 11.0 Å². The van der Waals surface area contributed by atoms with Gasteiger partial charge in [0.25, 0.3) is 5.56 Å². The summed E-state index contributed by atoms with van der Waals surface area (Å²) >= 11 is 1.48. The van der Waals surface area contributed by atoms with Crippen LogP contribution in [0.4, 0.5) is 4.39 Å². The Kier molecular flexibility index (Phi) is 4.11. The molecule has 26 heavy (non-hydrogen) atoms. The molecule has 138 valence electrons. The Bertz CT molecular complexity index is 1110. The summed E-state index contributed by atoms with van der Waals surface area (Å²) in [4.78, 5) is 28.2. The van der Waals surface area contributed by atoms with E-state index in [2.05, 4.69) is 4.98 Å². The standard InChI is InChI=1S/C18H20FN3O3S/c1-8-12(9-5-11(6-20)26-7-9)14(19)16(25-2)13-15(8)22(10-3-4-10)18(24)21-17(13)23/h5,7,10,12,14H,3-4,6,20H2,1-2H3,(H,21,23,24). The van der Waals surface area contributed by atoms with Crippen molar-refractivity contribution in [2.75, 3.05) is 7.11 Å². The third kappa shape index (κ3) is 2.47. The number of nitrogens with zero attached hydrogens (tertiary/aromatic N) is 1. The van der Waals surface area contributed by atoms with Gasteiger partial charge in [-0.05, 0) is 42.3 Å². The molecule has 3 N–H and O–H groups in total. The van der Waals surface area contributed by atoms with E-state index in [0.717, 1.165) is 23.3 Å². The van der Waals surface area contributed by atoms with Gasteiger partial charge in [0.2, 0.25) is 0 Å². The average molecular weight is 377 g/mol. The first-order chi connectivity index (χ1) is 12.5. The molecule has 1 saturated carbocycles. The Hall–Kier alpha value is -2.19. The van der Waals surface area contributed by atoms with E-state index in [4.69, 9.17) is 10.5 Å². The predicted molar refractivity (Wildman–Crippen MR) is 98.2 cm³/mol. The lowest BCUT2D eigenvalue weighted by molar-refractivity contribution is 0.259. The number of ether oxygens (including phenoxy) is 1. The summed E-state index contributed by atoms with van der Waals surface area (Å²) in [6.45, 7) is 2.18. The van der Waals surface area contributed by atoms with E-state index in [1.807, 2.05) is 11.4 Å². The van der Waals surface area contributed by atoms with E-state index in [1.54, 1.807) is 11.5 Å². The third-order valence-corrected chi connectivity index (χ3v) is 6.12. The molecule has 0 aliphatic heterocycles. The SMILES string of the molecule is COC1=c2c(=O)[nH]c(=O)n(C3CC3)c2=C(C)C(c2csc(CN)c2)C1F. The van der Waals surface area contributed by atoms with Crippen LogP contribution in [-0.2, 0) is 11.3 Å². The molecular formula is C18H20FN3O3S. The number of thiophene rings is 1. The molecular weight excluding hydrogens is 357 g/mol. The molecule has 2 aromatic heterocycles. The number of hydrogen-bond acceptors (Lipinski definition) is 5. The third-order valence-electron chi connectivity index (χ3n) is 5.14. The Morgan fingerprint density at radius 3 is 2.73 bits per heavy atom. The second-order valence-electron chi connectivity index (χ2n) is 6.77. The molecule has 6 nitrogen and oxygen atoms in total.